The second-order valence-electron chi connectivity index (χ2n) is 4.16. The van der Waals surface area contributed by atoms with E-state index < -0.39 is 0 Å². The predicted octanol–water partition coefficient (Wildman–Crippen LogP) is 1.40. The number of nitrogens with one attached hydrogen (secondary N) is 1. The van der Waals surface area contributed by atoms with Gasteiger partial charge in [0.25, 0.3) is 0 Å². The van der Waals surface area contributed by atoms with E-state index in [1.807, 2.05) is 11.6 Å². The maximum absolute atomic E-state index is 5.86. The van der Waals surface area contributed by atoms with Crippen LogP contribution in [0.1, 0.15) is 25.3 Å². The highest BCUT2D eigenvalue weighted by molar-refractivity contribution is 7.09. The fourth-order valence-electron chi connectivity index (χ4n) is 1.11. The number of aromatic nitrogens is 1. The molecule has 3 N–H and O–H groups in total. The van der Waals surface area contributed by atoms with E-state index in [4.69, 9.17) is 5.73 Å². The third-order valence-electron chi connectivity index (χ3n) is 1.95. The first-order chi connectivity index (χ1) is 6.58. The molecule has 0 aliphatic carbocycles. The summed E-state index contributed by atoms with van der Waals surface area (Å²) in [6.45, 7) is 6.07. The minimum absolute atomic E-state index is 0.0613. The van der Waals surface area contributed by atoms with Crippen LogP contribution in [0.25, 0.3) is 0 Å². The Kier molecular flexibility index (Phi) is 4.51. The number of rotatable bonds is 6. The molecule has 1 aromatic heterocycles. The first kappa shape index (κ1) is 11.6. The van der Waals surface area contributed by atoms with Gasteiger partial charge in [-0.15, -0.1) is 11.3 Å². The van der Waals surface area contributed by atoms with Crippen molar-refractivity contribution in [3.63, 3.8) is 0 Å². The van der Waals surface area contributed by atoms with E-state index in [2.05, 4.69) is 24.1 Å². The van der Waals surface area contributed by atoms with E-state index in [0.717, 1.165) is 25.9 Å². The first-order valence-corrected chi connectivity index (χ1v) is 5.84. The monoisotopic (exact) mass is 213 g/mol. The van der Waals surface area contributed by atoms with Crippen molar-refractivity contribution in [2.24, 2.45) is 5.73 Å². The van der Waals surface area contributed by atoms with E-state index in [-0.39, 0.29) is 5.54 Å². The van der Waals surface area contributed by atoms with Crippen LogP contribution in [0, 0.1) is 0 Å². The van der Waals surface area contributed by atoms with Crippen LogP contribution in [0.2, 0.25) is 0 Å². The summed E-state index contributed by atoms with van der Waals surface area (Å²) in [7, 11) is 0. The summed E-state index contributed by atoms with van der Waals surface area (Å²) >= 11 is 1.71. The molecule has 0 bridgehead atoms. The normalized spacial score (nSPS) is 11.9. The van der Waals surface area contributed by atoms with Gasteiger partial charge in [-0.1, -0.05) is 0 Å². The van der Waals surface area contributed by atoms with Crippen LogP contribution in [-0.2, 0) is 6.42 Å². The van der Waals surface area contributed by atoms with Gasteiger partial charge < -0.3 is 11.1 Å². The largest absolute Gasteiger partial charge is 0.326 e. The number of nitrogens with zero attached hydrogens (tertiary/aromatic N) is 1. The Morgan fingerprint density at radius 2 is 2.29 bits per heavy atom. The Bertz CT molecular complexity index is 238. The van der Waals surface area contributed by atoms with Gasteiger partial charge in [-0.3, -0.25) is 0 Å². The summed E-state index contributed by atoms with van der Waals surface area (Å²) in [5.74, 6) is 0. The molecule has 1 heterocycles. The highest BCUT2D eigenvalue weighted by atomic mass is 32.1. The van der Waals surface area contributed by atoms with Crippen molar-refractivity contribution in [1.29, 1.82) is 0 Å². The summed E-state index contributed by atoms with van der Waals surface area (Å²) in [5, 5.41) is 6.58. The standard InChI is InChI=1S/C10H19N3S/c1-10(2,11)4-6-12-5-3-9-13-7-8-14-9/h7-8,12H,3-6,11H2,1-2H3. The predicted molar refractivity (Wildman–Crippen MR) is 61.6 cm³/mol. The summed E-state index contributed by atoms with van der Waals surface area (Å²) in [6.07, 6.45) is 3.87. The summed E-state index contributed by atoms with van der Waals surface area (Å²) < 4.78 is 0. The van der Waals surface area contributed by atoms with Gasteiger partial charge in [0.1, 0.15) is 0 Å². The smallest absolute Gasteiger partial charge is 0.0937 e. The zero-order chi connectivity index (χ0) is 10.4. The Morgan fingerprint density at radius 3 is 2.86 bits per heavy atom. The van der Waals surface area contributed by atoms with Gasteiger partial charge in [0.2, 0.25) is 0 Å². The SMILES string of the molecule is CC(C)(N)CCNCCc1nccs1. The van der Waals surface area contributed by atoms with Crippen molar-refractivity contribution < 1.29 is 0 Å². The van der Waals surface area contributed by atoms with Crippen molar-refractivity contribution in [3.8, 4) is 0 Å². The average Bonchev–Trinajstić information content (AvgIpc) is 2.54. The maximum atomic E-state index is 5.86. The number of thiazole rings is 1. The van der Waals surface area contributed by atoms with E-state index in [0.29, 0.717) is 0 Å². The van der Waals surface area contributed by atoms with Gasteiger partial charge in [0, 0.05) is 30.1 Å². The van der Waals surface area contributed by atoms with Crippen molar-refractivity contribution in [2.45, 2.75) is 32.2 Å². The molecule has 0 radical (unpaired) electrons. The van der Waals surface area contributed by atoms with E-state index >= 15 is 0 Å². The molecule has 0 saturated carbocycles. The topological polar surface area (TPSA) is 50.9 Å². The molecule has 0 aliphatic heterocycles. The Hall–Kier alpha value is -0.450. The quantitative estimate of drug-likeness (QED) is 0.702. The minimum Gasteiger partial charge on any atom is -0.326 e. The molecular formula is C10H19N3S. The molecule has 0 fully saturated rings. The van der Waals surface area contributed by atoms with Gasteiger partial charge in [0.15, 0.2) is 0 Å². The molecule has 0 aliphatic rings. The maximum Gasteiger partial charge on any atom is 0.0937 e. The van der Waals surface area contributed by atoms with Gasteiger partial charge >= 0.3 is 0 Å². The molecule has 1 aromatic rings. The Balaban J connectivity index is 2.00. The molecule has 80 valence electrons. The third kappa shape index (κ3) is 5.32. The summed E-state index contributed by atoms with van der Waals surface area (Å²) in [5.41, 5.74) is 5.80. The second-order valence-corrected chi connectivity index (χ2v) is 5.14. The number of hydrogen-bond acceptors (Lipinski definition) is 4. The summed E-state index contributed by atoms with van der Waals surface area (Å²) in [6, 6.07) is 0. The molecule has 0 atom stereocenters. The van der Waals surface area contributed by atoms with Gasteiger partial charge in [-0.25, -0.2) is 4.98 Å². The molecule has 14 heavy (non-hydrogen) atoms. The van der Waals surface area contributed by atoms with Gasteiger partial charge in [-0.2, -0.15) is 0 Å². The Labute approximate surface area is 89.7 Å². The zero-order valence-corrected chi connectivity index (χ0v) is 9.73. The van der Waals surface area contributed by atoms with Crippen molar-refractivity contribution in [3.05, 3.63) is 16.6 Å². The lowest BCUT2D eigenvalue weighted by Gasteiger charge is -2.18. The average molecular weight is 213 g/mol. The molecule has 0 unspecified atom stereocenters. The fourth-order valence-corrected chi connectivity index (χ4v) is 1.73. The van der Waals surface area contributed by atoms with Crippen LogP contribution in [0.5, 0.6) is 0 Å². The zero-order valence-electron chi connectivity index (χ0n) is 8.92. The van der Waals surface area contributed by atoms with Gasteiger partial charge in [0.05, 0.1) is 5.01 Å². The third-order valence-corrected chi connectivity index (χ3v) is 2.78. The molecule has 3 nitrogen and oxygen atoms in total. The lowest BCUT2D eigenvalue weighted by molar-refractivity contribution is 0.456. The van der Waals surface area contributed by atoms with Crippen molar-refractivity contribution >= 4 is 11.3 Å². The van der Waals surface area contributed by atoms with Crippen LogP contribution in [0.3, 0.4) is 0 Å². The van der Waals surface area contributed by atoms with E-state index in [9.17, 15) is 0 Å². The first-order valence-electron chi connectivity index (χ1n) is 4.96. The van der Waals surface area contributed by atoms with E-state index in [1.165, 1.54) is 5.01 Å². The molecule has 1 rings (SSSR count). The van der Waals surface area contributed by atoms with Crippen LogP contribution >= 0.6 is 11.3 Å². The lowest BCUT2D eigenvalue weighted by Crippen LogP contribution is -2.36. The molecule has 4 heteroatoms. The lowest BCUT2D eigenvalue weighted by atomic mass is 10.0. The molecule has 0 saturated heterocycles. The molecular weight excluding hydrogens is 194 g/mol. The Morgan fingerprint density at radius 1 is 1.50 bits per heavy atom. The molecule has 0 spiro atoms. The highest BCUT2D eigenvalue weighted by Crippen LogP contribution is 2.04. The molecule has 0 aromatic carbocycles. The second kappa shape index (κ2) is 5.44. The summed E-state index contributed by atoms with van der Waals surface area (Å²) in [4.78, 5) is 4.22. The van der Waals surface area contributed by atoms with Crippen LogP contribution in [0.4, 0.5) is 0 Å². The number of nitrogens with two attached hydrogens (primary N) is 1. The van der Waals surface area contributed by atoms with E-state index in [1.54, 1.807) is 11.3 Å². The van der Waals surface area contributed by atoms with Gasteiger partial charge in [-0.05, 0) is 26.8 Å². The fraction of sp³-hybridized carbons (Fsp3) is 0.700. The highest BCUT2D eigenvalue weighted by Gasteiger charge is 2.08. The van der Waals surface area contributed by atoms with Crippen LogP contribution < -0.4 is 11.1 Å². The van der Waals surface area contributed by atoms with Crippen molar-refractivity contribution in [1.82, 2.24) is 10.3 Å². The number of hydrogen-bond donors (Lipinski definition) is 2. The van der Waals surface area contributed by atoms with Crippen LogP contribution in [0.15, 0.2) is 11.6 Å². The molecule has 0 amide bonds. The minimum atomic E-state index is -0.0613. The van der Waals surface area contributed by atoms with Crippen LogP contribution in [-0.4, -0.2) is 23.6 Å². The van der Waals surface area contributed by atoms with Crippen molar-refractivity contribution in [2.75, 3.05) is 13.1 Å².